The molecular formula is C22H28N6O2S. The van der Waals surface area contributed by atoms with E-state index in [1.54, 1.807) is 0 Å². The van der Waals surface area contributed by atoms with Gasteiger partial charge in [0.2, 0.25) is 5.91 Å². The molecule has 3 amide bonds. The van der Waals surface area contributed by atoms with Gasteiger partial charge in [-0.05, 0) is 44.7 Å². The fourth-order valence-corrected chi connectivity index (χ4v) is 5.92. The van der Waals surface area contributed by atoms with Gasteiger partial charge in [0, 0.05) is 28.9 Å². The first-order valence-electron chi connectivity index (χ1n) is 11.1. The minimum atomic E-state index is -0.0516. The van der Waals surface area contributed by atoms with Crippen molar-refractivity contribution in [2.45, 2.75) is 68.7 Å². The van der Waals surface area contributed by atoms with Crippen molar-refractivity contribution in [3.8, 4) is 11.4 Å². The first-order chi connectivity index (χ1) is 15.1. The molecule has 5 rings (SSSR count). The summed E-state index contributed by atoms with van der Waals surface area (Å²) in [4.78, 5) is 28.7. The average molecular weight is 441 g/mol. The lowest BCUT2D eigenvalue weighted by Gasteiger charge is -2.16. The number of thioether (sulfide) groups is 1. The van der Waals surface area contributed by atoms with E-state index in [0.717, 1.165) is 60.5 Å². The standard InChI is InChI=1S/C22H28N6O2S/c1-12-6-9-15(14(10-12)21-26-20(27-28-21)13-7-8-13)23-18(29)5-3-2-4-17-19-16(11-31-17)24-22(30)25-19/h6,9-10,13,16-17,19H,2-5,7-8,11H2,1H3,(H,23,29)(H2,24,25,30)(H,26,27,28)/t16-,17+,19+/m0/s1. The molecule has 2 saturated heterocycles. The first-order valence-corrected chi connectivity index (χ1v) is 12.1. The summed E-state index contributed by atoms with van der Waals surface area (Å²) in [5.41, 5.74) is 2.71. The van der Waals surface area contributed by atoms with Crippen LogP contribution < -0.4 is 16.0 Å². The van der Waals surface area contributed by atoms with Crippen molar-refractivity contribution in [3.05, 3.63) is 29.6 Å². The minimum Gasteiger partial charge on any atom is -0.332 e. The van der Waals surface area contributed by atoms with Crippen LogP contribution in [0.3, 0.4) is 0 Å². The summed E-state index contributed by atoms with van der Waals surface area (Å²) in [6.07, 6.45) is 5.61. The quantitative estimate of drug-likeness (QED) is 0.372. The maximum atomic E-state index is 12.6. The molecule has 0 bridgehead atoms. The zero-order valence-corrected chi connectivity index (χ0v) is 18.4. The second-order valence-corrected chi connectivity index (χ2v) is 10.1. The van der Waals surface area contributed by atoms with Crippen LogP contribution in [0.25, 0.3) is 11.4 Å². The molecule has 2 aromatic rings. The second kappa shape index (κ2) is 8.53. The van der Waals surface area contributed by atoms with Gasteiger partial charge in [-0.1, -0.05) is 18.1 Å². The van der Waals surface area contributed by atoms with Gasteiger partial charge in [-0.3, -0.25) is 9.89 Å². The van der Waals surface area contributed by atoms with Gasteiger partial charge < -0.3 is 16.0 Å². The van der Waals surface area contributed by atoms with Gasteiger partial charge in [0.1, 0.15) is 5.82 Å². The molecule has 1 aromatic carbocycles. The molecule has 8 nitrogen and oxygen atoms in total. The van der Waals surface area contributed by atoms with Crippen molar-refractivity contribution in [2.24, 2.45) is 0 Å². The molecule has 2 aliphatic heterocycles. The Labute approximate surface area is 185 Å². The van der Waals surface area contributed by atoms with Gasteiger partial charge in [0.05, 0.1) is 17.8 Å². The summed E-state index contributed by atoms with van der Waals surface area (Å²) in [5.74, 6) is 3.06. The van der Waals surface area contributed by atoms with Crippen molar-refractivity contribution >= 4 is 29.4 Å². The topological polar surface area (TPSA) is 112 Å². The monoisotopic (exact) mass is 440 g/mol. The number of benzene rings is 1. The Morgan fingerprint density at radius 3 is 2.97 bits per heavy atom. The number of hydrogen-bond acceptors (Lipinski definition) is 5. The van der Waals surface area contributed by atoms with Gasteiger partial charge in [-0.15, -0.1) is 0 Å². The van der Waals surface area contributed by atoms with Crippen molar-refractivity contribution in [2.75, 3.05) is 11.1 Å². The molecule has 3 aliphatic rings. The molecule has 9 heteroatoms. The Kier molecular flexibility index (Phi) is 5.60. The molecule has 4 N–H and O–H groups in total. The molecule has 3 atom stereocenters. The first kappa shape index (κ1) is 20.4. The zero-order chi connectivity index (χ0) is 21.4. The molecular weight excluding hydrogens is 412 g/mol. The number of rotatable bonds is 8. The van der Waals surface area contributed by atoms with Crippen molar-refractivity contribution in [3.63, 3.8) is 0 Å². The number of fused-ring (bicyclic) bond motifs is 1. The van der Waals surface area contributed by atoms with Crippen LogP contribution in [-0.2, 0) is 4.79 Å². The number of carbonyl (C=O) groups excluding carboxylic acids is 2. The number of aryl methyl sites for hydroxylation is 1. The molecule has 3 heterocycles. The van der Waals surface area contributed by atoms with Crippen LogP contribution >= 0.6 is 11.8 Å². The van der Waals surface area contributed by atoms with Crippen LogP contribution in [0.15, 0.2) is 18.2 Å². The van der Waals surface area contributed by atoms with Crippen molar-refractivity contribution in [1.82, 2.24) is 25.8 Å². The number of unbranched alkanes of at least 4 members (excludes halogenated alkanes) is 1. The summed E-state index contributed by atoms with van der Waals surface area (Å²) in [6, 6.07) is 6.37. The summed E-state index contributed by atoms with van der Waals surface area (Å²) >= 11 is 1.91. The largest absolute Gasteiger partial charge is 0.332 e. The fourth-order valence-electron chi connectivity index (χ4n) is 4.37. The number of aromatic amines is 1. The lowest BCUT2D eigenvalue weighted by atomic mass is 10.0. The van der Waals surface area contributed by atoms with Crippen LogP contribution in [0.2, 0.25) is 0 Å². The van der Waals surface area contributed by atoms with Crippen LogP contribution in [0.4, 0.5) is 10.5 Å². The molecule has 1 saturated carbocycles. The number of aromatic nitrogens is 3. The number of urea groups is 1. The zero-order valence-electron chi connectivity index (χ0n) is 17.6. The Morgan fingerprint density at radius 2 is 2.13 bits per heavy atom. The van der Waals surface area contributed by atoms with E-state index in [9.17, 15) is 9.59 Å². The van der Waals surface area contributed by atoms with E-state index in [4.69, 9.17) is 0 Å². The summed E-state index contributed by atoms with van der Waals surface area (Å²) in [6.45, 7) is 2.03. The highest BCUT2D eigenvalue weighted by Gasteiger charge is 2.42. The Balaban J connectivity index is 1.14. The third-order valence-electron chi connectivity index (χ3n) is 6.24. The van der Waals surface area contributed by atoms with E-state index in [1.807, 2.05) is 36.9 Å². The smallest absolute Gasteiger partial charge is 0.315 e. The van der Waals surface area contributed by atoms with E-state index in [2.05, 4.69) is 31.1 Å². The van der Waals surface area contributed by atoms with E-state index in [1.165, 1.54) is 0 Å². The van der Waals surface area contributed by atoms with E-state index >= 15 is 0 Å². The van der Waals surface area contributed by atoms with Crippen molar-refractivity contribution in [1.29, 1.82) is 0 Å². The number of hydrogen-bond donors (Lipinski definition) is 4. The minimum absolute atomic E-state index is 0.0100. The van der Waals surface area contributed by atoms with E-state index in [-0.39, 0.29) is 24.0 Å². The summed E-state index contributed by atoms with van der Waals surface area (Å²) < 4.78 is 0. The summed E-state index contributed by atoms with van der Waals surface area (Å²) in [7, 11) is 0. The SMILES string of the molecule is Cc1ccc(NC(=O)CCCC[C@H]2SC[C@@H]3NC(=O)N[C@H]32)c(-c2n[nH]c(C3CC3)n2)c1. The molecule has 1 aromatic heterocycles. The van der Waals surface area contributed by atoms with Gasteiger partial charge in [0.15, 0.2) is 5.82 Å². The highest BCUT2D eigenvalue weighted by atomic mass is 32.2. The number of nitrogens with zero attached hydrogens (tertiary/aromatic N) is 2. The number of nitrogens with one attached hydrogen (secondary N) is 4. The van der Waals surface area contributed by atoms with Gasteiger partial charge in [-0.25, -0.2) is 9.78 Å². The lowest BCUT2D eigenvalue weighted by Crippen LogP contribution is -2.36. The van der Waals surface area contributed by atoms with Crippen LogP contribution in [0.1, 0.15) is 55.8 Å². The average Bonchev–Trinajstić information content (AvgIpc) is 3.18. The van der Waals surface area contributed by atoms with Crippen LogP contribution in [0.5, 0.6) is 0 Å². The fraction of sp³-hybridized carbons (Fsp3) is 0.545. The Bertz CT molecular complexity index is 988. The third-order valence-corrected chi connectivity index (χ3v) is 7.75. The van der Waals surface area contributed by atoms with Gasteiger partial charge in [0.25, 0.3) is 0 Å². The number of amides is 3. The molecule has 0 radical (unpaired) electrons. The van der Waals surface area contributed by atoms with E-state index < -0.39 is 0 Å². The molecule has 0 unspecified atom stereocenters. The predicted molar refractivity (Wildman–Crippen MR) is 121 cm³/mol. The predicted octanol–water partition coefficient (Wildman–Crippen LogP) is 3.32. The number of anilines is 1. The third kappa shape index (κ3) is 4.56. The molecule has 0 spiro atoms. The highest BCUT2D eigenvalue weighted by molar-refractivity contribution is 8.00. The van der Waals surface area contributed by atoms with E-state index in [0.29, 0.717) is 23.4 Å². The van der Waals surface area contributed by atoms with Gasteiger partial charge >= 0.3 is 6.03 Å². The molecule has 31 heavy (non-hydrogen) atoms. The molecule has 1 aliphatic carbocycles. The highest BCUT2D eigenvalue weighted by Crippen LogP contribution is 2.39. The maximum Gasteiger partial charge on any atom is 0.315 e. The van der Waals surface area contributed by atoms with Gasteiger partial charge in [-0.2, -0.15) is 16.9 Å². The summed E-state index contributed by atoms with van der Waals surface area (Å²) in [5, 5.41) is 16.9. The van der Waals surface area contributed by atoms with Crippen LogP contribution in [-0.4, -0.2) is 50.2 Å². The second-order valence-electron chi connectivity index (χ2n) is 8.78. The molecule has 164 valence electrons. The Hall–Kier alpha value is -2.55. The van der Waals surface area contributed by atoms with Crippen molar-refractivity contribution < 1.29 is 9.59 Å². The lowest BCUT2D eigenvalue weighted by molar-refractivity contribution is -0.116. The Morgan fingerprint density at radius 1 is 1.26 bits per heavy atom. The normalized spacial score (nSPS) is 24.5. The number of H-pyrrole nitrogens is 1. The number of carbonyl (C=O) groups is 2. The van der Waals surface area contributed by atoms with Crippen LogP contribution in [0, 0.1) is 6.92 Å². The maximum absolute atomic E-state index is 12.6. The molecule has 3 fully saturated rings.